The topological polar surface area (TPSA) is 17.8 Å². The van der Waals surface area contributed by atoms with Crippen molar-refractivity contribution < 1.29 is 0 Å². The highest BCUT2D eigenvalue weighted by molar-refractivity contribution is 7.79. The Balaban J connectivity index is 1.49. The molecule has 6 rings (SSSR count). The fourth-order valence-electron chi connectivity index (χ4n) is 6.07. The molecule has 0 amide bonds. The van der Waals surface area contributed by atoms with Gasteiger partial charge in [-0.25, -0.2) is 0 Å². The lowest BCUT2D eigenvalue weighted by atomic mass is 9.58. The largest absolute Gasteiger partial charge is 0.345 e. The normalized spacial score (nSPS) is 11.5. The fourth-order valence-corrected chi connectivity index (χ4v) is 10.9. The number of benzene rings is 5. The van der Waals surface area contributed by atoms with E-state index in [1.54, 1.807) is 0 Å². The molecule has 0 fully saturated rings. The van der Waals surface area contributed by atoms with Crippen LogP contribution in [0.3, 0.4) is 0 Å². The van der Waals surface area contributed by atoms with Gasteiger partial charge in [0, 0.05) is 24.3 Å². The molecule has 0 aliphatic rings. The number of hydrogen-bond donors (Lipinski definition) is 1. The van der Waals surface area contributed by atoms with Gasteiger partial charge in [-0.05, 0) is 38.1 Å². The van der Waals surface area contributed by atoms with Gasteiger partial charge in [-0.1, -0.05) is 146 Å². The molecule has 0 radical (unpaired) electrons. The van der Waals surface area contributed by atoms with E-state index >= 15 is 0 Å². The van der Waals surface area contributed by atoms with E-state index in [9.17, 15) is 0 Å². The predicted molar refractivity (Wildman–Crippen MR) is 180 cm³/mol. The van der Waals surface area contributed by atoms with Gasteiger partial charge in [0.15, 0.2) is 8.07 Å². The number of hydrogen-bond acceptors (Lipinski definition) is 2. The van der Waals surface area contributed by atoms with Crippen molar-refractivity contribution in [3.05, 3.63) is 175 Å². The molecule has 0 unspecified atom stereocenters. The summed E-state index contributed by atoms with van der Waals surface area (Å²) < 4.78 is 2.43. The summed E-state index contributed by atoms with van der Waals surface area (Å²) in [5.74, 6) is 0.934. The molecule has 5 heteroatoms. The van der Waals surface area contributed by atoms with Crippen molar-refractivity contribution >= 4 is 49.3 Å². The molecule has 0 spiro atoms. The summed E-state index contributed by atoms with van der Waals surface area (Å²) in [6.45, 7) is 0. The van der Waals surface area contributed by atoms with Crippen LogP contribution in [0.1, 0.15) is 22.5 Å². The van der Waals surface area contributed by atoms with Crippen LogP contribution in [0.5, 0.6) is 0 Å². The molecule has 1 heterocycles. The SMILES string of the molecule is SCc1cccc([Si](Cn2ccnc2BC(c2ccccc2)c2ccccc2)(c2ccccc2)c2ccccc2)c1. The average molecular weight is 565 g/mol. The third-order valence-electron chi connectivity index (χ3n) is 8.14. The Hall–Kier alpha value is -4.06. The number of aromatic nitrogens is 2. The van der Waals surface area contributed by atoms with Gasteiger partial charge in [0.2, 0.25) is 7.28 Å². The van der Waals surface area contributed by atoms with Crippen LogP contribution in [0.15, 0.2) is 158 Å². The third kappa shape index (κ3) is 5.74. The van der Waals surface area contributed by atoms with Crippen molar-refractivity contribution in [2.45, 2.75) is 17.7 Å². The smallest absolute Gasteiger partial charge is 0.217 e. The van der Waals surface area contributed by atoms with Gasteiger partial charge in [0.05, 0.1) is 5.72 Å². The summed E-state index contributed by atoms with van der Waals surface area (Å²) in [5, 5.41) is 4.18. The van der Waals surface area contributed by atoms with Gasteiger partial charge in [-0.15, -0.1) is 0 Å². The Labute approximate surface area is 250 Å². The Morgan fingerprint density at radius 2 is 1.15 bits per heavy atom. The minimum atomic E-state index is -2.53. The molecule has 0 saturated heterocycles. The van der Waals surface area contributed by atoms with Crippen LogP contribution in [-0.2, 0) is 11.9 Å². The van der Waals surface area contributed by atoms with E-state index in [2.05, 4.69) is 169 Å². The first-order valence-corrected chi connectivity index (χ1v) is 17.0. The van der Waals surface area contributed by atoms with E-state index in [-0.39, 0.29) is 5.82 Å². The minimum Gasteiger partial charge on any atom is -0.345 e. The lowest BCUT2D eigenvalue weighted by Crippen LogP contribution is -2.70. The summed E-state index contributed by atoms with van der Waals surface area (Å²) in [6, 6.07) is 53.0. The fraction of sp³-hybridized carbons (Fsp3) is 0.0833. The summed E-state index contributed by atoms with van der Waals surface area (Å²) in [4.78, 5) is 4.98. The van der Waals surface area contributed by atoms with Crippen molar-refractivity contribution in [3.63, 3.8) is 0 Å². The first-order chi connectivity index (χ1) is 20.3. The predicted octanol–water partition coefficient (Wildman–Crippen LogP) is 4.87. The molecule has 5 aromatic carbocycles. The summed E-state index contributed by atoms with van der Waals surface area (Å²) in [6.07, 6.45) is 5.02. The molecule has 200 valence electrons. The maximum atomic E-state index is 4.98. The van der Waals surface area contributed by atoms with E-state index in [1.165, 1.54) is 32.3 Å². The standard InChI is InChI=1S/C36H33BN2SSi/c40-27-29-14-13-23-34(26-29)41(32-19-9-3-10-20-32,33-21-11-4-12-22-33)28-39-25-24-38-36(39)37-35(30-15-5-1-6-16-30)31-17-7-2-8-18-31/h1-26,35,37,40H,27-28H2. The highest BCUT2D eigenvalue weighted by Crippen LogP contribution is 2.23. The number of imidazole rings is 1. The number of thiol groups is 1. The second kappa shape index (κ2) is 12.6. The molecule has 1 aromatic heterocycles. The Morgan fingerprint density at radius 3 is 1.68 bits per heavy atom. The van der Waals surface area contributed by atoms with Crippen molar-refractivity contribution in [1.29, 1.82) is 0 Å². The first kappa shape index (κ1) is 27.1. The molecule has 0 aliphatic heterocycles. The van der Waals surface area contributed by atoms with Crippen LogP contribution >= 0.6 is 12.6 Å². The molecular weight excluding hydrogens is 531 g/mol. The first-order valence-electron chi connectivity index (χ1n) is 14.2. The minimum absolute atomic E-state index is 0.218. The van der Waals surface area contributed by atoms with Gasteiger partial charge in [0.1, 0.15) is 0 Å². The zero-order valence-electron chi connectivity index (χ0n) is 23.1. The highest BCUT2D eigenvalue weighted by atomic mass is 32.1. The molecule has 0 N–H and O–H groups in total. The number of rotatable bonds is 10. The Bertz CT molecular complexity index is 1600. The molecule has 0 bridgehead atoms. The zero-order chi connectivity index (χ0) is 27.9. The van der Waals surface area contributed by atoms with E-state index in [4.69, 9.17) is 4.98 Å². The van der Waals surface area contributed by atoms with Crippen LogP contribution in [0.2, 0.25) is 0 Å². The van der Waals surface area contributed by atoms with Crippen molar-refractivity contribution in [1.82, 2.24) is 9.55 Å². The maximum absolute atomic E-state index is 4.98. The van der Waals surface area contributed by atoms with Crippen molar-refractivity contribution in [2.75, 3.05) is 0 Å². The van der Waals surface area contributed by atoms with Gasteiger partial charge in [-0.2, -0.15) is 12.6 Å². The van der Waals surface area contributed by atoms with E-state index in [0.717, 1.165) is 19.2 Å². The van der Waals surface area contributed by atoms with Gasteiger partial charge < -0.3 is 4.57 Å². The summed E-state index contributed by atoms with van der Waals surface area (Å²) >= 11 is 4.64. The highest BCUT2D eigenvalue weighted by Gasteiger charge is 2.40. The maximum Gasteiger partial charge on any atom is 0.217 e. The molecular formula is C36H33BN2SSi. The van der Waals surface area contributed by atoms with Gasteiger partial charge in [0.25, 0.3) is 0 Å². The van der Waals surface area contributed by atoms with Crippen molar-refractivity contribution in [2.24, 2.45) is 0 Å². The Kier molecular flexibility index (Phi) is 8.36. The quantitative estimate of drug-likeness (QED) is 0.143. The van der Waals surface area contributed by atoms with E-state index < -0.39 is 8.07 Å². The van der Waals surface area contributed by atoms with Crippen LogP contribution in [0, 0.1) is 0 Å². The molecule has 0 saturated carbocycles. The average Bonchev–Trinajstić information content (AvgIpc) is 3.50. The lowest BCUT2D eigenvalue weighted by molar-refractivity contribution is 0.889. The van der Waals surface area contributed by atoms with Gasteiger partial charge >= 0.3 is 0 Å². The van der Waals surface area contributed by atoms with Gasteiger partial charge in [-0.3, -0.25) is 4.98 Å². The molecule has 6 aromatic rings. The third-order valence-corrected chi connectivity index (χ3v) is 13.2. The van der Waals surface area contributed by atoms with Crippen LogP contribution in [0.4, 0.5) is 0 Å². The molecule has 0 atom stereocenters. The van der Waals surface area contributed by atoms with Crippen LogP contribution < -0.4 is 21.3 Å². The number of nitrogens with zero attached hydrogens (tertiary/aromatic N) is 2. The zero-order valence-corrected chi connectivity index (χ0v) is 24.9. The lowest BCUT2D eigenvalue weighted by Gasteiger charge is -2.35. The van der Waals surface area contributed by atoms with Crippen molar-refractivity contribution in [3.8, 4) is 0 Å². The van der Waals surface area contributed by atoms with Crippen LogP contribution in [-0.4, -0.2) is 24.9 Å². The monoisotopic (exact) mass is 564 g/mol. The second-order valence-electron chi connectivity index (χ2n) is 10.5. The second-order valence-corrected chi connectivity index (χ2v) is 14.7. The molecule has 41 heavy (non-hydrogen) atoms. The summed E-state index contributed by atoms with van der Waals surface area (Å²) in [7, 11) is -1.70. The molecule has 0 aliphatic carbocycles. The summed E-state index contributed by atoms with van der Waals surface area (Å²) in [5.41, 5.74) is 4.97. The van der Waals surface area contributed by atoms with E-state index in [0.29, 0.717) is 5.75 Å². The van der Waals surface area contributed by atoms with E-state index in [1.807, 2.05) is 6.20 Å². The van der Waals surface area contributed by atoms with Crippen LogP contribution in [0.25, 0.3) is 0 Å². The Morgan fingerprint density at radius 1 is 0.634 bits per heavy atom. The molecule has 2 nitrogen and oxygen atoms in total.